The van der Waals surface area contributed by atoms with Gasteiger partial charge in [0.1, 0.15) is 0 Å². The Hall–Kier alpha value is -1.40. The maximum Gasteiger partial charge on any atom is 0.255 e. The minimum atomic E-state index is 0.0472. The summed E-state index contributed by atoms with van der Waals surface area (Å²) in [4.78, 5) is 22.0. The summed E-state index contributed by atoms with van der Waals surface area (Å²) in [6.45, 7) is 6.35. The maximum absolute atomic E-state index is 12.6. The van der Waals surface area contributed by atoms with E-state index in [1.807, 2.05) is 4.57 Å². The molecule has 2 aliphatic heterocycles. The molecule has 0 atom stereocenters. The highest BCUT2D eigenvalue weighted by Gasteiger charge is 2.20. The van der Waals surface area contributed by atoms with Gasteiger partial charge in [-0.05, 0) is 38.8 Å². The van der Waals surface area contributed by atoms with Crippen molar-refractivity contribution in [3.63, 3.8) is 0 Å². The lowest BCUT2D eigenvalue weighted by molar-refractivity contribution is 0.181. The van der Waals surface area contributed by atoms with Gasteiger partial charge in [-0.15, -0.1) is 0 Å². The van der Waals surface area contributed by atoms with E-state index in [1.165, 1.54) is 32.1 Å². The van der Waals surface area contributed by atoms with Crippen LogP contribution in [-0.2, 0) is 17.9 Å². The number of anilines is 1. The summed E-state index contributed by atoms with van der Waals surface area (Å²) < 4.78 is 7.02. The SMILES string of the molecule is COCc1cc(=O)n(CCN2CCCCC2)c(N2CCCC2)n1. The minimum absolute atomic E-state index is 0.0472. The van der Waals surface area contributed by atoms with Crippen molar-refractivity contribution in [2.24, 2.45) is 0 Å². The van der Waals surface area contributed by atoms with E-state index in [-0.39, 0.29) is 5.56 Å². The zero-order valence-electron chi connectivity index (χ0n) is 14.2. The molecule has 6 nitrogen and oxygen atoms in total. The van der Waals surface area contributed by atoms with Gasteiger partial charge in [0.2, 0.25) is 5.95 Å². The average molecular weight is 320 g/mol. The van der Waals surface area contributed by atoms with Gasteiger partial charge in [0.25, 0.3) is 5.56 Å². The predicted octanol–water partition coefficient (Wildman–Crippen LogP) is 1.48. The van der Waals surface area contributed by atoms with Gasteiger partial charge in [-0.3, -0.25) is 9.36 Å². The summed E-state index contributed by atoms with van der Waals surface area (Å²) in [6.07, 6.45) is 6.24. The average Bonchev–Trinajstić information content (AvgIpc) is 3.09. The van der Waals surface area contributed by atoms with Crippen LogP contribution in [0.25, 0.3) is 0 Å². The smallest absolute Gasteiger partial charge is 0.255 e. The highest BCUT2D eigenvalue weighted by atomic mass is 16.5. The summed E-state index contributed by atoms with van der Waals surface area (Å²) >= 11 is 0. The molecule has 1 aromatic heterocycles. The van der Waals surface area contributed by atoms with Crippen molar-refractivity contribution in [2.45, 2.75) is 45.3 Å². The van der Waals surface area contributed by atoms with Crippen LogP contribution >= 0.6 is 0 Å². The van der Waals surface area contributed by atoms with Gasteiger partial charge in [0.15, 0.2) is 0 Å². The first kappa shape index (κ1) is 16.5. The summed E-state index contributed by atoms with van der Waals surface area (Å²) in [6, 6.07) is 1.62. The van der Waals surface area contributed by atoms with Gasteiger partial charge in [-0.2, -0.15) is 0 Å². The molecular weight excluding hydrogens is 292 g/mol. The van der Waals surface area contributed by atoms with Gasteiger partial charge in [-0.25, -0.2) is 4.98 Å². The molecular formula is C17H28N4O2. The summed E-state index contributed by atoms with van der Waals surface area (Å²) in [7, 11) is 1.64. The predicted molar refractivity (Wildman–Crippen MR) is 90.9 cm³/mol. The van der Waals surface area contributed by atoms with E-state index in [0.717, 1.165) is 50.9 Å². The number of likely N-dealkylation sites (tertiary alicyclic amines) is 1. The zero-order chi connectivity index (χ0) is 16.1. The van der Waals surface area contributed by atoms with Crippen LogP contribution in [0.4, 0.5) is 5.95 Å². The van der Waals surface area contributed by atoms with Gasteiger partial charge in [0.05, 0.1) is 12.3 Å². The van der Waals surface area contributed by atoms with Crippen LogP contribution in [-0.4, -0.2) is 54.3 Å². The molecule has 3 heterocycles. The first-order chi connectivity index (χ1) is 11.3. The van der Waals surface area contributed by atoms with Gasteiger partial charge in [-0.1, -0.05) is 6.42 Å². The van der Waals surface area contributed by atoms with Crippen LogP contribution in [0.1, 0.15) is 37.8 Å². The summed E-state index contributed by atoms with van der Waals surface area (Å²) in [5.74, 6) is 0.832. The molecule has 0 bridgehead atoms. The van der Waals surface area contributed by atoms with Crippen molar-refractivity contribution in [1.29, 1.82) is 0 Å². The van der Waals surface area contributed by atoms with Crippen molar-refractivity contribution in [3.8, 4) is 0 Å². The van der Waals surface area contributed by atoms with Crippen molar-refractivity contribution < 1.29 is 4.74 Å². The third kappa shape index (κ3) is 4.12. The molecule has 0 amide bonds. The molecule has 23 heavy (non-hydrogen) atoms. The molecule has 0 aliphatic carbocycles. The van der Waals surface area contributed by atoms with Crippen LogP contribution in [0, 0.1) is 0 Å². The van der Waals surface area contributed by atoms with Crippen LogP contribution in [0.2, 0.25) is 0 Å². The second kappa shape index (κ2) is 7.93. The quantitative estimate of drug-likeness (QED) is 0.794. The van der Waals surface area contributed by atoms with Crippen LogP contribution in [0.3, 0.4) is 0 Å². The second-order valence-electron chi connectivity index (χ2n) is 6.57. The highest BCUT2D eigenvalue weighted by Crippen LogP contribution is 2.18. The Bertz CT molecular complexity index is 560. The minimum Gasteiger partial charge on any atom is -0.378 e. The number of rotatable bonds is 6. The Morgan fingerprint density at radius 3 is 2.43 bits per heavy atom. The molecule has 2 saturated heterocycles. The van der Waals surface area contributed by atoms with E-state index in [0.29, 0.717) is 6.61 Å². The van der Waals surface area contributed by atoms with Crippen molar-refractivity contribution in [2.75, 3.05) is 44.7 Å². The molecule has 0 N–H and O–H groups in total. The molecule has 1 aromatic rings. The summed E-state index contributed by atoms with van der Waals surface area (Å²) in [5.41, 5.74) is 0.777. The van der Waals surface area contributed by atoms with E-state index >= 15 is 0 Å². The first-order valence-electron chi connectivity index (χ1n) is 8.85. The van der Waals surface area contributed by atoms with E-state index in [9.17, 15) is 4.79 Å². The maximum atomic E-state index is 12.6. The Labute approximate surface area is 138 Å². The number of methoxy groups -OCH3 is 1. The topological polar surface area (TPSA) is 50.6 Å². The largest absolute Gasteiger partial charge is 0.378 e. The lowest BCUT2D eigenvalue weighted by Crippen LogP contribution is -2.37. The van der Waals surface area contributed by atoms with Gasteiger partial charge in [0, 0.05) is 39.4 Å². The molecule has 2 fully saturated rings. The number of piperidine rings is 1. The van der Waals surface area contributed by atoms with Gasteiger partial charge >= 0.3 is 0 Å². The number of ether oxygens (including phenoxy) is 1. The lowest BCUT2D eigenvalue weighted by atomic mass is 10.1. The molecule has 0 spiro atoms. The van der Waals surface area contributed by atoms with Crippen molar-refractivity contribution in [1.82, 2.24) is 14.5 Å². The molecule has 3 rings (SSSR count). The molecule has 128 valence electrons. The fourth-order valence-electron chi connectivity index (χ4n) is 3.56. The van der Waals surface area contributed by atoms with Crippen LogP contribution < -0.4 is 10.5 Å². The molecule has 2 aliphatic rings. The van der Waals surface area contributed by atoms with Crippen LogP contribution in [0.15, 0.2) is 10.9 Å². The van der Waals surface area contributed by atoms with E-state index in [1.54, 1.807) is 13.2 Å². The zero-order valence-corrected chi connectivity index (χ0v) is 14.2. The number of hydrogen-bond donors (Lipinski definition) is 0. The number of aromatic nitrogens is 2. The Morgan fingerprint density at radius 2 is 1.74 bits per heavy atom. The molecule has 0 unspecified atom stereocenters. The van der Waals surface area contributed by atoms with E-state index in [4.69, 9.17) is 9.72 Å². The second-order valence-corrected chi connectivity index (χ2v) is 6.57. The fraction of sp³-hybridized carbons (Fsp3) is 0.765. The standard InChI is InChI=1S/C17H28N4O2/c1-23-14-15-13-16(22)21(12-11-19-7-3-2-4-8-19)17(18-15)20-9-5-6-10-20/h13H,2-12,14H2,1H3. The third-order valence-corrected chi connectivity index (χ3v) is 4.81. The van der Waals surface area contributed by atoms with Crippen molar-refractivity contribution >= 4 is 5.95 Å². The number of nitrogens with zero attached hydrogens (tertiary/aromatic N) is 4. The molecule has 6 heteroatoms. The third-order valence-electron chi connectivity index (χ3n) is 4.81. The van der Waals surface area contributed by atoms with E-state index < -0.39 is 0 Å². The van der Waals surface area contributed by atoms with Crippen LogP contribution in [0.5, 0.6) is 0 Å². The Balaban J connectivity index is 1.79. The first-order valence-corrected chi connectivity index (χ1v) is 8.85. The molecule has 0 aromatic carbocycles. The van der Waals surface area contributed by atoms with E-state index in [2.05, 4.69) is 9.80 Å². The normalized spacial score (nSPS) is 19.4. The Kier molecular flexibility index (Phi) is 5.67. The van der Waals surface area contributed by atoms with Crippen molar-refractivity contribution in [3.05, 3.63) is 22.1 Å². The van der Waals surface area contributed by atoms with Gasteiger partial charge < -0.3 is 14.5 Å². The highest BCUT2D eigenvalue weighted by molar-refractivity contribution is 5.33. The molecule has 0 saturated carbocycles. The lowest BCUT2D eigenvalue weighted by Gasteiger charge is -2.28. The monoisotopic (exact) mass is 320 g/mol. The Morgan fingerprint density at radius 1 is 1.04 bits per heavy atom. The summed E-state index contributed by atoms with van der Waals surface area (Å²) in [5, 5.41) is 0. The number of hydrogen-bond acceptors (Lipinski definition) is 5. The fourth-order valence-corrected chi connectivity index (χ4v) is 3.56. The molecule has 0 radical (unpaired) electrons.